The first-order chi connectivity index (χ1) is 64.3. The van der Waals surface area contributed by atoms with Gasteiger partial charge in [0.2, 0.25) is 29.5 Å². The molecule has 1 aliphatic rings. The Morgan fingerprint density at radius 1 is 0.331 bits per heavy atom. The van der Waals surface area contributed by atoms with E-state index in [0.29, 0.717) is 82.3 Å². The van der Waals surface area contributed by atoms with Gasteiger partial charge in [-0.3, -0.25) is 135 Å². The molecule has 1 fully saturated rings. The second kappa shape index (κ2) is 61.3. The van der Waals surface area contributed by atoms with Crippen LogP contribution in [0.15, 0.2) is 150 Å². The number of esters is 2. The lowest BCUT2D eigenvalue weighted by Crippen LogP contribution is -2.48. The normalized spacial score (nSPS) is 11.7. The Balaban J connectivity index is 0.000000407. The summed E-state index contributed by atoms with van der Waals surface area (Å²) in [4.78, 5) is 235. The van der Waals surface area contributed by atoms with Crippen molar-refractivity contribution in [2.24, 2.45) is 4.36 Å². The average Bonchev–Trinajstić information content (AvgIpc) is 0.886. The fraction of sp³-hybridized carbons (Fsp3) is 0.389. The third-order valence-corrected chi connectivity index (χ3v) is 19.7. The lowest BCUT2D eigenvalue weighted by molar-refractivity contribution is -0.167. The highest BCUT2D eigenvalue weighted by atomic mass is 32.1. The highest BCUT2D eigenvalue weighted by molar-refractivity contribution is 7.47. The summed E-state index contributed by atoms with van der Waals surface area (Å²) >= 11 is 4.64. The number of benzene rings is 6. The summed E-state index contributed by atoms with van der Waals surface area (Å²) in [6.07, 6.45) is 1.08. The molecule has 734 valence electrons. The number of nitrogens with two attached hydrogens (primary N) is 2. The molecule has 1 aliphatic heterocycles. The smallest absolute Gasteiger partial charge is 0.327 e. The molecule has 0 saturated carbocycles. The number of carbonyl (C=O) groups is 19. The molecule has 7 rings (SSSR count). The van der Waals surface area contributed by atoms with Crippen molar-refractivity contribution in [2.45, 2.75) is 40.5 Å². The number of anilines is 5. The summed E-state index contributed by atoms with van der Waals surface area (Å²) in [5.41, 5.74) is 17.9. The number of nitrogens with one attached hydrogen (secondary N) is 5. The third kappa shape index (κ3) is 50.9. The van der Waals surface area contributed by atoms with Crippen LogP contribution in [0.25, 0.3) is 0 Å². The molecular weight excluding hydrogens is 1800 g/mol. The summed E-state index contributed by atoms with van der Waals surface area (Å²) in [7, 11) is 0. The maximum absolute atomic E-state index is 12.7. The summed E-state index contributed by atoms with van der Waals surface area (Å²) in [6, 6.07) is 40.2. The number of rotatable bonds is 58. The molecule has 45 nitrogen and oxygen atoms in total. The molecule has 5 amide bonds. The van der Waals surface area contributed by atoms with Crippen molar-refractivity contribution >= 4 is 159 Å². The second-order valence-corrected chi connectivity index (χ2v) is 31.2. The summed E-state index contributed by atoms with van der Waals surface area (Å²) in [5, 5.41) is 88.0. The molecule has 6 aromatic carbocycles. The van der Waals surface area contributed by atoms with Crippen LogP contribution >= 0.6 is 0 Å². The Morgan fingerprint density at radius 3 is 0.860 bits per heavy atom. The van der Waals surface area contributed by atoms with Gasteiger partial charge in [-0.2, -0.15) is 4.36 Å². The molecule has 0 aromatic heterocycles. The molecule has 1 saturated heterocycles. The van der Waals surface area contributed by atoms with E-state index in [1.54, 1.807) is 103 Å². The highest BCUT2D eigenvalue weighted by Crippen LogP contribution is 2.18. The molecule has 0 bridgehead atoms. The number of hydrogen-bond donors (Lipinski definition) is 15. The predicted octanol–water partition coefficient (Wildman–Crippen LogP) is 1.09. The van der Waals surface area contributed by atoms with Crippen molar-refractivity contribution in [3.8, 4) is 0 Å². The third-order valence-electron chi connectivity index (χ3n) is 19.5. The molecule has 0 aliphatic carbocycles. The first-order valence-electron chi connectivity index (χ1n) is 42.2. The van der Waals surface area contributed by atoms with Crippen molar-refractivity contribution in [1.82, 2.24) is 54.7 Å². The summed E-state index contributed by atoms with van der Waals surface area (Å²) in [6.45, 7) is 2.05. The van der Waals surface area contributed by atoms with Crippen LogP contribution in [-0.4, -0.2) is 387 Å². The number of nitrogens with zero attached hydrogens (tertiary/aromatic N) is 10. The van der Waals surface area contributed by atoms with Gasteiger partial charge in [-0.15, -0.1) is 0 Å². The molecule has 17 N–H and O–H groups in total. The van der Waals surface area contributed by atoms with Gasteiger partial charge in [0, 0.05) is 155 Å². The van der Waals surface area contributed by atoms with Gasteiger partial charge in [-0.25, -0.2) is 0 Å². The van der Waals surface area contributed by atoms with Gasteiger partial charge in [-0.1, -0.05) is 72.8 Å². The van der Waals surface area contributed by atoms with Gasteiger partial charge in [0.1, 0.15) is 0 Å². The van der Waals surface area contributed by atoms with Crippen molar-refractivity contribution in [2.75, 3.05) is 217 Å². The van der Waals surface area contributed by atoms with Crippen molar-refractivity contribution < 1.29 is 137 Å². The minimum atomic E-state index is -1.20. The number of carboxylic acid groups (broad SMARTS) is 8. The van der Waals surface area contributed by atoms with Crippen LogP contribution < -0.4 is 38.1 Å². The van der Waals surface area contributed by atoms with Crippen LogP contribution in [0.1, 0.15) is 80.3 Å². The zero-order valence-corrected chi connectivity index (χ0v) is 76.4. The number of ketones is 4. The number of amides is 5. The van der Waals surface area contributed by atoms with E-state index in [4.69, 9.17) is 11.5 Å². The molecule has 0 unspecified atom stereocenters. The number of ether oxygens (including phenoxy) is 1. The maximum Gasteiger partial charge on any atom is 0.327 e. The lowest BCUT2D eigenvalue weighted by Gasteiger charge is -2.29. The topological polar surface area (TPSA) is 649 Å². The van der Waals surface area contributed by atoms with E-state index in [1.807, 2.05) is 24.3 Å². The Morgan fingerprint density at radius 2 is 0.588 bits per heavy atom. The number of morpholine rings is 1. The number of cyclic esters (lactones) is 2. The van der Waals surface area contributed by atoms with Crippen LogP contribution in [0.4, 0.5) is 34.1 Å². The van der Waals surface area contributed by atoms with E-state index in [2.05, 4.69) is 48.1 Å². The molecular formula is C90H115N17O28S. The Hall–Kier alpha value is -14.5. The molecule has 1 heterocycles. The lowest BCUT2D eigenvalue weighted by atomic mass is 10.1. The summed E-state index contributed by atoms with van der Waals surface area (Å²) < 4.78 is 8.12. The Labute approximate surface area is 787 Å². The van der Waals surface area contributed by atoms with Crippen LogP contribution in [0.5, 0.6) is 0 Å². The van der Waals surface area contributed by atoms with E-state index in [0.717, 1.165) is 11.1 Å². The first-order valence-corrected chi connectivity index (χ1v) is 42.6. The number of carbonyl (C=O) groups excluding carboxylic acids is 11. The van der Waals surface area contributed by atoms with Crippen molar-refractivity contribution in [3.05, 3.63) is 179 Å². The van der Waals surface area contributed by atoms with Gasteiger partial charge in [-0.05, 0) is 124 Å². The highest BCUT2D eigenvalue weighted by Gasteiger charge is 2.28. The number of nitrogen functional groups attached to an aromatic ring is 2. The summed E-state index contributed by atoms with van der Waals surface area (Å²) in [5.74, 6) is -13.5. The van der Waals surface area contributed by atoms with E-state index in [1.165, 1.54) is 90.0 Å². The fourth-order valence-electron chi connectivity index (χ4n) is 12.9. The second-order valence-electron chi connectivity index (χ2n) is 31.0. The fourth-order valence-corrected chi connectivity index (χ4v) is 13.0. The first kappa shape index (κ1) is 114. The van der Waals surface area contributed by atoms with E-state index >= 15 is 0 Å². The van der Waals surface area contributed by atoms with Gasteiger partial charge >= 0.3 is 59.7 Å². The number of carboxylic acids is 8. The largest absolute Gasteiger partial charge is 0.480 e. The van der Waals surface area contributed by atoms with Gasteiger partial charge in [0.25, 0.3) is 0 Å². The van der Waals surface area contributed by atoms with Crippen LogP contribution in [-0.2, 0) is 102 Å². The molecule has 0 atom stereocenters. The minimum Gasteiger partial charge on any atom is -0.480 e. The number of hydrogen-bond acceptors (Lipinski definition) is 33. The van der Waals surface area contributed by atoms with Gasteiger partial charge in [0.05, 0.1) is 104 Å². The van der Waals surface area contributed by atoms with Crippen LogP contribution in [0.3, 0.4) is 0 Å². The van der Waals surface area contributed by atoms with Crippen molar-refractivity contribution in [3.63, 3.8) is 0 Å². The standard InChI is InChI=1S/C30H38N6O9S.C30H40N6O9.C22H28N4O9.C8H9NO/c1-21(37)23-3-2-4-25(15-23)32-27(39)17-36(20-30(44)45)14-12-34(18-28(40)41)11-13-35(19-29(42)43)16-26(38)31-10-9-22-5-7-24(33-46)8-6-22;1-21(37)23-3-2-4-25(15-23)33-27(39)17-36(20-30(44)45)14-12-34(18-28(40)41)11-13-35(19-29(42)43)16-26(38)32-10-9-22-5-7-24(31)8-6-22;1-15(27)16-3-2-4-17(9-16)23-18(28)10-25(12-20(31)32)7-5-24(11-19(29)30)6-8-26-13-21(33)35-22(34)14-26;1-6(10)7-3-2-4-8(9)5-7/h2-8,15H,9-14,16-20H2,1H3,(H,31,38)(H,32,39)(H,40,41)(H,42,43)(H,44,45);2-8,15H,9-14,16-20,31H2,1H3,(H,32,38)(H,33,39)(H,40,41)(H,42,43)(H,44,45);2-4,9H,5-8,10-14H2,1H3,(H,23,28)(H,29,30)(H,31,32);2-5H,9H2,1H3. The van der Waals surface area contributed by atoms with Crippen LogP contribution in [0, 0.1) is 0 Å². The Bertz CT molecular complexity index is 5110. The van der Waals surface area contributed by atoms with Gasteiger partial charge in [0.15, 0.2) is 23.1 Å². The zero-order valence-electron chi connectivity index (χ0n) is 75.6. The zero-order chi connectivity index (χ0) is 101. The van der Waals surface area contributed by atoms with Gasteiger partial charge < -0.3 is 83.6 Å². The molecule has 46 heteroatoms. The average molecular weight is 1920 g/mol. The molecule has 0 radical (unpaired) electrons. The number of Topliss-reactive ketones (excluding diaryl/α,β-unsaturated/α-hetero) is 4. The Kier molecular flexibility index (Phi) is 51.3. The monoisotopic (exact) mass is 1910 g/mol. The minimum absolute atomic E-state index is 0.00141. The van der Waals surface area contributed by atoms with E-state index < -0.39 is 135 Å². The predicted molar refractivity (Wildman–Crippen MR) is 496 cm³/mol. The molecule has 6 aromatic rings. The molecule has 0 spiro atoms. The SMILES string of the molecule is CC(=O)c1cccc(N)c1.CC(=O)c1cccc(NC(=O)CN(CCN(CCN(CC(=O)O)CC(=O)NCCc2ccc(N)cc2)CC(=O)O)CC(=O)O)c1.CC(=O)c1cccc(NC(=O)CN(CCN(CCN(CC(=O)O)CC(=O)NCCc2ccc(N=S)cc2)CC(=O)O)CC(=O)O)c1.CC(=O)c1cccc(NC(=O)CN(CCN(CCN2CC(=O)OC(=O)C2)CC(=O)O)CC(=O)O)c1. The van der Waals surface area contributed by atoms with E-state index in [-0.39, 0.29) is 154 Å². The number of aliphatic carboxylic acids is 8. The van der Waals surface area contributed by atoms with E-state index in [9.17, 15) is 132 Å². The van der Waals surface area contributed by atoms with Crippen molar-refractivity contribution in [1.29, 1.82) is 0 Å². The molecule has 136 heavy (non-hydrogen) atoms. The quantitative estimate of drug-likeness (QED) is 0.0110. The van der Waals surface area contributed by atoms with Crippen LogP contribution in [0.2, 0.25) is 0 Å². The maximum atomic E-state index is 12.7.